The molecular formula is C15H17FN2O3S2. The number of carbonyl (C=O) groups is 1. The van der Waals surface area contributed by atoms with E-state index in [1.165, 1.54) is 41.6 Å². The van der Waals surface area contributed by atoms with Gasteiger partial charge in [-0.25, -0.2) is 12.8 Å². The van der Waals surface area contributed by atoms with Crippen molar-refractivity contribution < 1.29 is 17.6 Å². The van der Waals surface area contributed by atoms with Gasteiger partial charge in [-0.2, -0.15) is 0 Å². The Kier molecular flexibility index (Phi) is 5.38. The van der Waals surface area contributed by atoms with Crippen LogP contribution in [0.25, 0.3) is 0 Å². The summed E-state index contributed by atoms with van der Waals surface area (Å²) in [5.74, 6) is -0.597. The first kappa shape index (κ1) is 17.4. The SMILES string of the molecule is CCN(c1ccc(F)cc1)S(=O)(=O)c1ccc(CNC(C)=O)s1. The Bertz CT molecular complexity index is 785. The van der Waals surface area contributed by atoms with Crippen molar-refractivity contribution in [1.29, 1.82) is 0 Å². The number of carbonyl (C=O) groups excluding carboxylic acids is 1. The number of benzene rings is 1. The van der Waals surface area contributed by atoms with Crippen molar-refractivity contribution in [3.8, 4) is 0 Å². The molecule has 0 aliphatic carbocycles. The maximum absolute atomic E-state index is 13.0. The van der Waals surface area contributed by atoms with E-state index in [0.29, 0.717) is 5.69 Å². The Morgan fingerprint density at radius 2 is 1.87 bits per heavy atom. The zero-order chi connectivity index (χ0) is 17.0. The van der Waals surface area contributed by atoms with Gasteiger partial charge in [0.25, 0.3) is 10.0 Å². The average Bonchev–Trinajstić information content (AvgIpc) is 2.97. The molecule has 1 aromatic heterocycles. The summed E-state index contributed by atoms with van der Waals surface area (Å²) in [6.07, 6.45) is 0. The van der Waals surface area contributed by atoms with Crippen molar-refractivity contribution in [2.24, 2.45) is 0 Å². The number of amides is 1. The van der Waals surface area contributed by atoms with E-state index in [2.05, 4.69) is 5.32 Å². The van der Waals surface area contributed by atoms with Gasteiger partial charge in [0, 0.05) is 18.3 Å². The Hall–Kier alpha value is -1.93. The molecular weight excluding hydrogens is 339 g/mol. The zero-order valence-corrected chi connectivity index (χ0v) is 14.4. The fourth-order valence-corrected chi connectivity index (χ4v) is 4.89. The van der Waals surface area contributed by atoms with Crippen LogP contribution in [-0.4, -0.2) is 20.9 Å². The lowest BCUT2D eigenvalue weighted by Gasteiger charge is -2.21. The molecule has 2 aromatic rings. The number of hydrogen-bond donors (Lipinski definition) is 1. The zero-order valence-electron chi connectivity index (χ0n) is 12.7. The maximum Gasteiger partial charge on any atom is 0.273 e. The van der Waals surface area contributed by atoms with Crippen LogP contribution in [0, 0.1) is 5.82 Å². The summed E-state index contributed by atoms with van der Waals surface area (Å²) < 4.78 is 39.9. The Balaban J connectivity index is 2.28. The molecule has 0 radical (unpaired) electrons. The number of hydrogen-bond acceptors (Lipinski definition) is 4. The lowest BCUT2D eigenvalue weighted by Crippen LogP contribution is -2.30. The van der Waals surface area contributed by atoms with Crippen LogP contribution in [0.15, 0.2) is 40.6 Å². The van der Waals surface area contributed by atoms with Crippen LogP contribution in [0.5, 0.6) is 0 Å². The third-order valence-corrected chi connectivity index (χ3v) is 6.55. The largest absolute Gasteiger partial charge is 0.351 e. The minimum atomic E-state index is -3.72. The molecule has 2 rings (SSSR count). The normalized spacial score (nSPS) is 11.3. The summed E-state index contributed by atoms with van der Waals surface area (Å²) in [5.41, 5.74) is 0.408. The third kappa shape index (κ3) is 4.08. The van der Waals surface area contributed by atoms with Crippen molar-refractivity contribution in [1.82, 2.24) is 5.32 Å². The Morgan fingerprint density at radius 1 is 1.22 bits per heavy atom. The number of sulfonamides is 1. The van der Waals surface area contributed by atoms with Crippen LogP contribution < -0.4 is 9.62 Å². The maximum atomic E-state index is 13.0. The Morgan fingerprint density at radius 3 is 2.43 bits per heavy atom. The van der Waals surface area contributed by atoms with Crippen molar-refractivity contribution in [3.05, 3.63) is 47.1 Å². The predicted octanol–water partition coefficient (Wildman–Crippen LogP) is 2.74. The first-order valence-electron chi connectivity index (χ1n) is 6.96. The average molecular weight is 356 g/mol. The highest BCUT2D eigenvalue weighted by atomic mass is 32.2. The van der Waals surface area contributed by atoms with E-state index in [0.717, 1.165) is 16.2 Å². The molecule has 1 heterocycles. The van der Waals surface area contributed by atoms with Crippen LogP contribution >= 0.6 is 11.3 Å². The summed E-state index contributed by atoms with van der Waals surface area (Å²) in [6.45, 7) is 3.64. The van der Waals surface area contributed by atoms with Gasteiger partial charge in [-0.1, -0.05) is 0 Å². The van der Waals surface area contributed by atoms with E-state index in [-0.39, 0.29) is 23.2 Å². The van der Waals surface area contributed by atoms with Gasteiger partial charge in [-0.05, 0) is 43.3 Å². The van der Waals surface area contributed by atoms with Crippen molar-refractivity contribution in [2.45, 2.75) is 24.6 Å². The minimum absolute atomic E-state index is 0.177. The lowest BCUT2D eigenvalue weighted by atomic mass is 10.3. The minimum Gasteiger partial charge on any atom is -0.351 e. The second-order valence-electron chi connectivity index (χ2n) is 4.78. The van der Waals surface area contributed by atoms with Gasteiger partial charge < -0.3 is 5.32 Å². The summed E-state index contributed by atoms with van der Waals surface area (Å²) in [4.78, 5) is 11.7. The van der Waals surface area contributed by atoms with Crippen molar-refractivity contribution >= 4 is 33.0 Å². The summed E-state index contributed by atoms with van der Waals surface area (Å²) >= 11 is 1.10. The highest BCUT2D eigenvalue weighted by molar-refractivity contribution is 7.94. The van der Waals surface area contributed by atoms with Crippen LogP contribution in [0.4, 0.5) is 10.1 Å². The fourth-order valence-electron chi connectivity index (χ4n) is 2.01. The quantitative estimate of drug-likeness (QED) is 0.865. The smallest absolute Gasteiger partial charge is 0.273 e. The second-order valence-corrected chi connectivity index (χ2v) is 8.03. The van der Waals surface area contributed by atoms with Gasteiger partial charge >= 0.3 is 0 Å². The number of nitrogens with zero attached hydrogens (tertiary/aromatic N) is 1. The number of nitrogens with one attached hydrogen (secondary N) is 1. The van der Waals surface area contributed by atoms with E-state index < -0.39 is 15.8 Å². The molecule has 124 valence electrons. The summed E-state index contributed by atoms with van der Waals surface area (Å²) in [7, 11) is -3.72. The van der Waals surface area contributed by atoms with Gasteiger partial charge in [-0.3, -0.25) is 9.10 Å². The standard InChI is InChI=1S/C15H17FN2O3S2/c1-3-18(13-6-4-12(16)5-7-13)23(20,21)15-9-8-14(22-15)10-17-11(2)19/h4-9H,3,10H2,1-2H3,(H,17,19). The fraction of sp³-hybridized carbons (Fsp3) is 0.267. The molecule has 1 N–H and O–H groups in total. The van der Waals surface area contributed by atoms with Crippen LogP contribution in [0.2, 0.25) is 0 Å². The van der Waals surface area contributed by atoms with E-state index in [1.807, 2.05) is 0 Å². The van der Waals surface area contributed by atoms with Crippen molar-refractivity contribution in [3.63, 3.8) is 0 Å². The van der Waals surface area contributed by atoms with Crippen LogP contribution in [0.3, 0.4) is 0 Å². The van der Waals surface area contributed by atoms with Gasteiger partial charge in [-0.15, -0.1) is 11.3 Å². The lowest BCUT2D eigenvalue weighted by molar-refractivity contribution is -0.119. The molecule has 0 unspecified atom stereocenters. The highest BCUT2D eigenvalue weighted by Crippen LogP contribution is 2.28. The van der Waals surface area contributed by atoms with E-state index in [9.17, 15) is 17.6 Å². The molecule has 0 spiro atoms. The van der Waals surface area contributed by atoms with Crippen LogP contribution in [0.1, 0.15) is 18.7 Å². The first-order valence-corrected chi connectivity index (χ1v) is 9.21. The van der Waals surface area contributed by atoms with Crippen LogP contribution in [-0.2, 0) is 21.4 Å². The molecule has 0 aliphatic rings. The molecule has 0 saturated heterocycles. The molecule has 5 nitrogen and oxygen atoms in total. The molecule has 0 atom stereocenters. The molecule has 23 heavy (non-hydrogen) atoms. The predicted molar refractivity (Wildman–Crippen MR) is 88.4 cm³/mol. The number of rotatable bonds is 6. The molecule has 0 fully saturated rings. The summed E-state index contributed by atoms with van der Waals surface area (Å²) in [5, 5.41) is 2.63. The molecule has 0 aliphatic heterocycles. The highest BCUT2D eigenvalue weighted by Gasteiger charge is 2.25. The van der Waals surface area contributed by atoms with Gasteiger partial charge in [0.1, 0.15) is 10.0 Å². The molecule has 0 saturated carbocycles. The van der Waals surface area contributed by atoms with E-state index in [1.54, 1.807) is 13.0 Å². The topological polar surface area (TPSA) is 66.5 Å². The van der Waals surface area contributed by atoms with E-state index in [4.69, 9.17) is 0 Å². The van der Waals surface area contributed by atoms with Gasteiger partial charge in [0.15, 0.2) is 0 Å². The molecule has 0 bridgehead atoms. The monoisotopic (exact) mass is 356 g/mol. The Labute approximate surface area is 138 Å². The second kappa shape index (κ2) is 7.10. The van der Waals surface area contributed by atoms with Crippen molar-refractivity contribution in [2.75, 3.05) is 10.8 Å². The first-order chi connectivity index (χ1) is 10.8. The molecule has 1 aromatic carbocycles. The summed E-state index contributed by atoms with van der Waals surface area (Å²) in [6, 6.07) is 8.51. The molecule has 1 amide bonds. The number of halogens is 1. The van der Waals surface area contributed by atoms with Gasteiger partial charge in [0.05, 0.1) is 12.2 Å². The molecule has 8 heteroatoms. The van der Waals surface area contributed by atoms with E-state index >= 15 is 0 Å². The van der Waals surface area contributed by atoms with Gasteiger partial charge in [0.2, 0.25) is 5.91 Å². The number of thiophene rings is 1. The third-order valence-electron chi connectivity index (χ3n) is 3.09. The number of anilines is 1.